The fraction of sp³-hybridized carbons (Fsp3) is 0.462. The average Bonchev–Trinajstić information content (AvgIpc) is 2.80. The Morgan fingerprint density at radius 3 is 2.79 bits per heavy atom. The summed E-state index contributed by atoms with van der Waals surface area (Å²) in [7, 11) is 1.84. The van der Waals surface area contributed by atoms with Gasteiger partial charge >= 0.3 is 0 Å². The van der Waals surface area contributed by atoms with Gasteiger partial charge in [-0.15, -0.1) is 5.10 Å². The van der Waals surface area contributed by atoms with Crippen LogP contribution in [-0.2, 0) is 7.05 Å². The summed E-state index contributed by atoms with van der Waals surface area (Å²) >= 11 is 1.62. The monoisotopic (exact) mass is 277 g/mol. The minimum Gasteiger partial charge on any atom is -0.326 e. The molecule has 2 rings (SSSR count). The lowest BCUT2D eigenvalue weighted by Gasteiger charge is -2.22. The van der Waals surface area contributed by atoms with Crippen LogP contribution in [0, 0.1) is 6.92 Å². The Morgan fingerprint density at radius 1 is 1.42 bits per heavy atom. The summed E-state index contributed by atoms with van der Waals surface area (Å²) in [5, 5.41) is 12.5. The maximum Gasteiger partial charge on any atom is 0.209 e. The molecule has 0 saturated carbocycles. The molecule has 1 aromatic carbocycles. The number of thioether (sulfide) groups is 1. The van der Waals surface area contributed by atoms with Crippen LogP contribution in [0.15, 0.2) is 29.4 Å². The summed E-state index contributed by atoms with van der Waals surface area (Å²) in [6.45, 7) is 4.19. The maximum atomic E-state index is 6.27. The Kier molecular flexibility index (Phi) is 4.55. The van der Waals surface area contributed by atoms with Gasteiger partial charge in [0.15, 0.2) is 0 Å². The van der Waals surface area contributed by atoms with Crippen molar-refractivity contribution in [3.05, 3.63) is 35.4 Å². The van der Waals surface area contributed by atoms with Gasteiger partial charge in [-0.05, 0) is 29.3 Å². The third kappa shape index (κ3) is 3.33. The van der Waals surface area contributed by atoms with E-state index in [9.17, 15) is 0 Å². The molecule has 2 N–H and O–H groups in total. The molecular formula is C13H19N5S. The van der Waals surface area contributed by atoms with E-state index in [2.05, 4.69) is 53.6 Å². The number of hydrogen-bond acceptors (Lipinski definition) is 5. The predicted octanol–water partition coefficient (Wildman–Crippen LogP) is 2.09. The van der Waals surface area contributed by atoms with E-state index in [-0.39, 0.29) is 11.3 Å². The summed E-state index contributed by atoms with van der Waals surface area (Å²) in [6, 6.07) is 8.52. The topological polar surface area (TPSA) is 69.6 Å². The summed E-state index contributed by atoms with van der Waals surface area (Å²) in [4.78, 5) is 0. The molecule has 2 unspecified atom stereocenters. The van der Waals surface area contributed by atoms with Crippen molar-refractivity contribution in [1.82, 2.24) is 20.2 Å². The van der Waals surface area contributed by atoms with Crippen molar-refractivity contribution in [1.29, 1.82) is 0 Å². The SMILES string of the molecule is CCC(N)C(Sc1nnnn1C)c1cccc(C)c1. The van der Waals surface area contributed by atoms with Gasteiger partial charge < -0.3 is 5.73 Å². The fourth-order valence-corrected chi connectivity index (χ4v) is 3.05. The molecule has 0 amide bonds. The van der Waals surface area contributed by atoms with Gasteiger partial charge in [-0.2, -0.15) is 0 Å². The minimum absolute atomic E-state index is 0.0727. The average molecular weight is 277 g/mol. The first-order chi connectivity index (χ1) is 9.11. The van der Waals surface area contributed by atoms with E-state index < -0.39 is 0 Å². The largest absolute Gasteiger partial charge is 0.326 e. The van der Waals surface area contributed by atoms with Crippen LogP contribution in [0.25, 0.3) is 0 Å². The van der Waals surface area contributed by atoms with Gasteiger partial charge in [0, 0.05) is 13.1 Å². The molecule has 0 aliphatic rings. The Bertz CT molecular complexity index is 539. The van der Waals surface area contributed by atoms with Crippen molar-refractivity contribution in [2.45, 2.75) is 36.7 Å². The number of hydrogen-bond donors (Lipinski definition) is 1. The van der Waals surface area contributed by atoms with Crippen LogP contribution in [0.2, 0.25) is 0 Å². The molecule has 6 heteroatoms. The van der Waals surface area contributed by atoms with Crippen molar-refractivity contribution >= 4 is 11.8 Å². The highest BCUT2D eigenvalue weighted by molar-refractivity contribution is 7.99. The van der Waals surface area contributed by atoms with Crippen molar-refractivity contribution in [3.8, 4) is 0 Å². The quantitative estimate of drug-likeness (QED) is 0.847. The Balaban J connectivity index is 2.29. The Labute approximate surface area is 117 Å². The van der Waals surface area contributed by atoms with Crippen LogP contribution in [0.5, 0.6) is 0 Å². The number of nitrogens with two attached hydrogens (primary N) is 1. The van der Waals surface area contributed by atoms with E-state index in [4.69, 9.17) is 5.73 Å². The Morgan fingerprint density at radius 2 is 2.21 bits per heavy atom. The van der Waals surface area contributed by atoms with E-state index in [1.807, 2.05) is 7.05 Å². The van der Waals surface area contributed by atoms with Crippen LogP contribution in [-0.4, -0.2) is 26.2 Å². The van der Waals surface area contributed by atoms with E-state index in [0.29, 0.717) is 0 Å². The molecular weight excluding hydrogens is 258 g/mol. The second-order valence-electron chi connectivity index (χ2n) is 4.61. The van der Waals surface area contributed by atoms with Crippen LogP contribution >= 0.6 is 11.8 Å². The second kappa shape index (κ2) is 6.16. The number of tetrazole rings is 1. The van der Waals surface area contributed by atoms with Gasteiger partial charge in [0.25, 0.3) is 0 Å². The number of nitrogens with zero attached hydrogens (tertiary/aromatic N) is 4. The number of benzene rings is 1. The Hall–Kier alpha value is -1.40. The zero-order chi connectivity index (χ0) is 13.8. The maximum absolute atomic E-state index is 6.27. The number of aromatic nitrogens is 4. The molecule has 2 aromatic rings. The standard InChI is InChI=1S/C13H19N5S/c1-4-11(14)12(10-7-5-6-9(2)8-10)19-13-15-16-17-18(13)3/h5-8,11-12H,4,14H2,1-3H3. The van der Waals surface area contributed by atoms with E-state index >= 15 is 0 Å². The van der Waals surface area contributed by atoms with Gasteiger partial charge in [0.05, 0.1) is 5.25 Å². The van der Waals surface area contributed by atoms with Crippen LogP contribution < -0.4 is 5.73 Å². The molecule has 1 heterocycles. The van der Waals surface area contributed by atoms with Gasteiger partial charge in [-0.1, -0.05) is 48.5 Å². The minimum atomic E-state index is 0.0727. The van der Waals surface area contributed by atoms with Crippen LogP contribution in [0.3, 0.4) is 0 Å². The first kappa shape index (κ1) is 14.0. The summed E-state index contributed by atoms with van der Waals surface area (Å²) in [6.07, 6.45) is 0.914. The first-order valence-corrected chi connectivity index (χ1v) is 7.21. The molecule has 2 atom stereocenters. The summed E-state index contributed by atoms with van der Waals surface area (Å²) in [5.74, 6) is 0. The van der Waals surface area contributed by atoms with Crippen molar-refractivity contribution < 1.29 is 0 Å². The lowest BCUT2D eigenvalue weighted by Crippen LogP contribution is -2.26. The normalized spacial score (nSPS) is 14.3. The highest BCUT2D eigenvalue weighted by Gasteiger charge is 2.22. The van der Waals surface area contributed by atoms with E-state index in [1.54, 1.807) is 16.4 Å². The highest BCUT2D eigenvalue weighted by atomic mass is 32.2. The third-order valence-electron chi connectivity index (χ3n) is 3.04. The van der Waals surface area contributed by atoms with Crippen molar-refractivity contribution in [3.63, 3.8) is 0 Å². The third-order valence-corrected chi connectivity index (χ3v) is 4.48. The van der Waals surface area contributed by atoms with E-state index in [1.165, 1.54) is 11.1 Å². The first-order valence-electron chi connectivity index (χ1n) is 6.33. The smallest absolute Gasteiger partial charge is 0.209 e. The molecule has 0 radical (unpaired) electrons. The predicted molar refractivity (Wildman–Crippen MR) is 76.8 cm³/mol. The van der Waals surface area contributed by atoms with Gasteiger partial charge in [0.1, 0.15) is 0 Å². The summed E-state index contributed by atoms with van der Waals surface area (Å²) < 4.78 is 1.68. The molecule has 0 aliphatic heterocycles. The van der Waals surface area contributed by atoms with Crippen LogP contribution in [0.1, 0.15) is 29.7 Å². The molecule has 0 saturated heterocycles. The molecule has 0 aliphatic carbocycles. The zero-order valence-corrected chi connectivity index (χ0v) is 12.3. The molecule has 0 bridgehead atoms. The molecule has 5 nitrogen and oxygen atoms in total. The highest BCUT2D eigenvalue weighted by Crippen LogP contribution is 2.36. The molecule has 102 valence electrons. The molecule has 0 spiro atoms. The van der Waals surface area contributed by atoms with Crippen molar-refractivity contribution in [2.24, 2.45) is 12.8 Å². The number of rotatable bonds is 5. The van der Waals surface area contributed by atoms with E-state index in [0.717, 1.165) is 11.6 Å². The van der Waals surface area contributed by atoms with Gasteiger partial charge in [-0.3, -0.25) is 0 Å². The van der Waals surface area contributed by atoms with Gasteiger partial charge in [0.2, 0.25) is 5.16 Å². The van der Waals surface area contributed by atoms with Gasteiger partial charge in [-0.25, -0.2) is 4.68 Å². The molecule has 0 fully saturated rings. The molecule has 19 heavy (non-hydrogen) atoms. The second-order valence-corrected chi connectivity index (χ2v) is 5.72. The molecule has 1 aromatic heterocycles. The zero-order valence-electron chi connectivity index (χ0n) is 11.4. The van der Waals surface area contributed by atoms with Crippen LogP contribution in [0.4, 0.5) is 0 Å². The lowest BCUT2D eigenvalue weighted by molar-refractivity contribution is 0.624. The summed E-state index contributed by atoms with van der Waals surface area (Å²) in [5.41, 5.74) is 8.73. The number of aryl methyl sites for hydroxylation is 2. The lowest BCUT2D eigenvalue weighted by atomic mass is 10.0. The van der Waals surface area contributed by atoms with Crippen molar-refractivity contribution in [2.75, 3.05) is 0 Å². The fourth-order valence-electron chi connectivity index (χ4n) is 1.90.